The quantitative estimate of drug-likeness (QED) is 0.498. The van der Waals surface area contributed by atoms with Crippen LogP contribution in [0.3, 0.4) is 0 Å². The summed E-state index contributed by atoms with van der Waals surface area (Å²) in [6.45, 7) is 11.4. The molecule has 0 unspecified atom stereocenters. The molecule has 0 aliphatic rings. The van der Waals surface area contributed by atoms with Crippen molar-refractivity contribution in [1.29, 1.82) is 0 Å². The summed E-state index contributed by atoms with van der Waals surface area (Å²) in [6, 6.07) is 22.0. The first kappa shape index (κ1) is 17.9. The lowest BCUT2D eigenvalue weighted by Gasteiger charge is -2.28. The van der Waals surface area contributed by atoms with E-state index < -0.39 is 8.07 Å². The Hall–Kier alpha value is -1.93. The number of hydrogen-bond acceptors (Lipinski definition) is 1. The van der Waals surface area contributed by atoms with Gasteiger partial charge in [0.05, 0.1) is 19.3 Å². The molecule has 0 radical (unpaired) electrons. The van der Waals surface area contributed by atoms with Crippen molar-refractivity contribution < 1.29 is 0 Å². The first-order valence-corrected chi connectivity index (χ1v) is 12.1. The minimum atomic E-state index is -1.33. The van der Waals surface area contributed by atoms with Gasteiger partial charge >= 0.3 is 0 Å². The third-order valence-corrected chi connectivity index (χ3v) is 11.4. The number of aryl methyl sites for hydroxylation is 2. The molecule has 3 aromatic rings. The largest absolute Gasteiger partial charge is 0.248 e. The number of pyridine rings is 1. The molecule has 0 fully saturated rings. The Bertz CT molecular complexity index is 865. The van der Waals surface area contributed by atoms with Crippen molar-refractivity contribution in [3.05, 3.63) is 59.7 Å². The summed E-state index contributed by atoms with van der Waals surface area (Å²) in [4.78, 5) is 4.94. The van der Waals surface area contributed by atoms with Crippen LogP contribution in [0.4, 0.5) is 0 Å². The number of nitrogens with zero attached hydrogens (tertiary/aromatic N) is 1. The molecule has 0 saturated carbocycles. The van der Waals surface area contributed by atoms with Crippen LogP contribution in [0.25, 0.3) is 22.2 Å². The van der Waals surface area contributed by atoms with E-state index in [9.17, 15) is 0 Å². The highest BCUT2D eigenvalue weighted by Crippen LogP contribution is 2.25. The molecular weight excluding hydrogens is 318 g/mol. The maximum Gasteiger partial charge on any atom is 0.0859 e. The Kier molecular flexibility index (Phi) is 5.10. The zero-order chi connectivity index (χ0) is 18.0. The van der Waals surface area contributed by atoms with Gasteiger partial charge in [0.2, 0.25) is 0 Å². The number of fused-ring (bicyclic) bond motifs is 1. The second kappa shape index (κ2) is 7.13. The van der Waals surface area contributed by atoms with Crippen LogP contribution in [-0.4, -0.2) is 13.1 Å². The summed E-state index contributed by atoms with van der Waals surface area (Å²) in [5, 5.41) is 2.87. The predicted octanol–water partition coefficient (Wildman–Crippen LogP) is 6.23. The van der Waals surface area contributed by atoms with Crippen LogP contribution in [0.15, 0.2) is 48.5 Å². The number of hydrogen-bond donors (Lipinski definition) is 0. The first-order chi connectivity index (χ1) is 12.0. The van der Waals surface area contributed by atoms with Crippen molar-refractivity contribution in [3.8, 4) is 11.3 Å². The van der Waals surface area contributed by atoms with Crippen molar-refractivity contribution in [1.82, 2.24) is 4.98 Å². The highest BCUT2D eigenvalue weighted by atomic mass is 28.3. The van der Waals surface area contributed by atoms with Crippen LogP contribution in [0.1, 0.15) is 31.9 Å². The van der Waals surface area contributed by atoms with E-state index in [0.717, 1.165) is 11.2 Å². The highest BCUT2D eigenvalue weighted by Gasteiger charge is 2.29. The summed E-state index contributed by atoms with van der Waals surface area (Å²) in [5.74, 6) is 0. The molecule has 0 aliphatic carbocycles. The van der Waals surface area contributed by atoms with Gasteiger partial charge in [0.15, 0.2) is 0 Å². The molecule has 1 heterocycles. The lowest BCUT2D eigenvalue weighted by atomic mass is 10.0. The van der Waals surface area contributed by atoms with Gasteiger partial charge in [-0.05, 0) is 38.1 Å². The zero-order valence-electron chi connectivity index (χ0n) is 16.2. The van der Waals surface area contributed by atoms with Gasteiger partial charge in [-0.3, -0.25) is 0 Å². The molecule has 25 heavy (non-hydrogen) atoms. The maximum absolute atomic E-state index is 4.94. The van der Waals surface area contributed by atoms with E-state index in [1.807, 2.05) is 0 Å². The summed E-state index contributed by atoms with van der Waals surface area (Å²) in [6.07, 6.45) is 0. The van der Waals surface area contributed by atoms with Gasteiger partial charge in [-0.25, -0.2) is 4.98 Å². The fourth-order valence-corrected chi connectivity index (χ4v) is 7.72. The Labute approximate surface area is 153 Å². The van der Waals surface area contributed by atoms with Gasteiger partial charge in [0.25, 0.3) is 0 Å². The molecule has 0 amide bonds. The van der Waals surface area contributed by atoms with E-state index in [1.165, 1.54) is 40.2 Å². The summed E-state index contributed by atoms with van der Waals surface area (Å²) in [7, 11) is -1.33. The SMILES string of the molecule is CC[Si](CC)(CC)c1ccc2nc(-c3cc(C)cc(C)c3)ccc2c1. The predicted molar refractivity (Wildman–Crippen MR) is 113 cm³/mol. The van der Waals surface area contributed by atoms with E-state index in [0.29, 0.717) is 0 Å². The number of benzene rings is 2. The molecule has 0 atom stereocenters. The molecule has 2 heteroatoms. The Morgan fingerprint density at radius 1 is 0.760 bits per heavy atom. The number of aromatic nitrogens is 1. The van der Waals surface area contributed by atoms with Crippen LogP contribution in [-0.2, 0) is 0 Å². The molecule has 130 valence electrons. The van der Waals surface area contributed by atoms with E-state index in [-0.39, 0.29) is 0 Å². The van der Waals surface area contributed by atoms with Crippen LogP contribution in [0, 0.1) is 13.8 Å². The van der Waals surface area contributed by atoms with Crippen LogP contribution >= 0.6 is 0 Å². The van der Waals surface area contributed by atoms with E-state index in [2.05, 4.69) is 83.1 Å². The van der Waals surface area contributed by atoms with E-state index in [1.54, 1.807) is 5.19 Å². The Morgan fingerprint density at radius 3 is 2.00 bits per heavy atom. The van der Waals surface area contributed by atoms with E-state index in [4.69, 9.17) is 4.98 Å². The van der Waals surface area contributed by atoms with Crippen molar-refractivity contribution >= 4 is 24.2 Å². The monoisotopic (exact) mass is 347 g/mol. The standard InChI is InChI=1S/C23H29NSi/c1-6-25(7-2,8-3)21-10-12-22-19(16-21)9-11-23(24-22)20-14-17(4)13-18(5)15-20/h9-16H,6-8H2,1-5H3. The van der Waals surface area contributed by atoms with Crippen LogP contribution < -0.4 is 5.19 Å². The van der Waals surface area contributed by atoms with Crippen molar-refractivity contribution in [2.45, 2.75) is 52.8 Å². The molecule has 1 aromatic heterocycles. The Morgan fingerprint density at radius 2 is 1.40 bits per heavy atom. The van der Waals surface area contributed by atoms with Crippen molar-refractivity contribution in [2.75, 3.05) is 0 Å². The van der Waals surface area contributed by atoms with Gasteiger partial charge < -0.3 is 0 Å². The van der Waals surface area contributed by atoms with Gasteiger partial charge in [-0.2, -0.15) is 0 Å². The third-order valence-electron chi connectivity index (χ3n) is 5.85. The molecule has 2 aromatic carbocycles. The second-order valence-electron chi connectivity index (χ2n) is 7.32. The summed E-state index contributed by atoms with van der Waals surface area (Å²) >= 11 is 0. The molecule has 0 N–H and O–H groups in total. The Balaban J connectivity index is 2.07. The van der Waals surface area contributed by atoms with Gasteiger partial charge in [-0.1, -0.05) is 79.5 Å². The van der Waals surface area contributed by atoms with Crippen molar-refractivity contribution in [3.63, 3.8) is 0 Å². The summed E-state index contributed by atoms with van der Waals surface area (Å²) < 4.78 is 0. The van der Waals surface area contributed by atoms with Crippen LogP contribution in [0.2, 0.25) is 18.1 Å². The minimum absolute atomic E-state index is 1.07. The molecule has 3 rings (SSSR count). The lowest BCUT2D eigenvalue weighted by molar-refractivity contribution is 1.19. The van der Waals surface area contributed by atoms with Gasteiger partial charge in [0.1, 0.15) is 0 Å². The smallest absolute Gasteiger partial charge is 0.0859 e. The maximum atomic E-state index is 4.94. The molecule has 0 aliphatic heterocycles. The first-order valence-electron chi connectivity index (χ1n) is 9.51. The normalized spacial score (nSPS) is 11.9. The minimum Gasteiger partial charge on any atom is -0.248 e. The average molecular weight is 348 g/mol. The molecule has 0 bridgehead atoms. The molecular formula is C23H29NSi. The van der Waals surface area contributed by atoms with Gasteiger partial charge in [0, 0.05) is 10.9 Å². The topological polar surface area (TPSA) is 12.9 Å². The highest BCUT2D eigenvalue weighted by molar-refractivity contribution is 6.91. The molecule has 0 spiro atoms. The lowest BCUT2D eigenvalue weighted by Crippen LogP contribution is -2.45. The number of rotatable bonds is 5. The second-order valence-corrected chi connectivity index (χ2v) is 12.6. The summed E-state index contributed by atoms with van der Waals surface area (Å²) in [5.41, 5.74) is 5.96. The van der Waals surface area contributed by atoms with Crippen LogP contribution in [0.5, 0.6) is 0 Å². The molecule has 0 saturated heterocycles. The fourth-order valence-electron chi connectivity index (χ4n) is 4.10. The van der Waals surface area contributed by atoms with E-state index >= 15 is 0 Å². The van der Waals surface area contributed by atoms with Crippen molar-refractivity contribution in [2.24, 2.45) is 0 Å². The zero-order valence-corrected chi connectivity index (χ0v) is 17.2. The fraction of sp³-hybridized carbons (Fsp3) is 0.348. The average Bonchev–Trinajstić information content (AvgIpc) is 2.62. The third kappa shape index (κ3) is 3.41. The molecule has 1 nitrogen and oxygen atoms in total. The van der Waals surface area contributed by atoms with Gasteiger partial charge in [-0.15, -0.1) is 0 Å².